The molecule has 0 spiro atoms. The number of nitrogens with one attached hydrogen (secondary N) is 1. The van der Waals surface area contributed by atoms with E-state index in [4.69, 9.17) is 0 Å². The van der Waals surface area contributed by atoms with Gasteiger partial charge < -0.3 is 5.32 Å². The normalized spacial score (nSPS) is 27.5. The van der Waals surface area contributed by atoms with Gasteiger partial charge in [0.05, 0.1) is 11.0 Å². The van der Waals surface area contributed by atoms with Gasteiger partial charge in [0, 0.05) is 6.04 Å². The lowest BCUT2D eigenvalue weighted by atomic mass is 9.96. The van der Waals surface area contributed by atoms with Crippen LogP contribution < -0.4 is 5.32 Å². The largest absolute Gasteiger partial charge is 0.313 e. The molecule has 1 aliphatic rings. The van der Waals surface area contributed by atoms with Gasteiger partial charge in [0.1, 0.15) is 0 Å². The molecule has 0 saturated heterocycles. The molecule has 0 aromatic heterocycles. The Morgan fingerprint density at radius 1 is 1.11 bits per heavy atom. The van der Waals surface area contributed by atoms with Crippen LogP contribution in [0.15, 0.2) is 0 Å². The highest BCUT2D eigenvalue weighted by Gasteiger charge is 2.33. The molecular weight excluding hydrogens is 258 g/mol. The molecule has 0 radical (unpaired) electrons. The highest BCUT2D eigenvalue weighted by atomic mass is 32.2. The standard InChI is InChI=1S/C15H31NO2S/c1-4-13(3)12-19(17,18)15-11-9-7-6-8-10-14(15)16-5-2/h13-16H,4-12H2,1-3H3. The molecule has 3 nitrogen and oxygen atoms in total. The van der Waals surface area contributed by atoms with Crippen molar-refractivity contribution in [3.05, 3.63) is 0 Å². The van der Waals surface area contributed by atoms with Crippen molar-refractivity contribution in [1.29, 1.82) is 0 Å². The fourth-order valence-electron chi connectivity index (χ4n) is 3.01. The third kappa shape index (κ3) is 5.42. The average molecular weight is 289 g/mol. The maximum absolute atomic E-state index is 12.7. The molecule has 0 amide bonds. The van der Waals surface area contributed by atoms with Gasteiger partial charge in [-0.15, -0.1) is 0 Å². The summed E-state index contributed by atoms with van der Waals surface area (Å²) in [5.41, 5.74) is 0. The monoisotopic (exact) mass is 289 g/mol. The molecule has 0 bridgehead atoms. The first-order valence-electron chi connectivity index (χ1n) is 7.96. The van der Waals surface area contributed by atoms with E-state index in [0.717, 1.165) is 38.6 Å². The van der Waals surface area contributed by atoms with Crippen molar-refractivity contribution in [3.63, 3.8) is 0 Å². The van der Waals surface area contributed by atoms with Crippen LogP contribution in [0.1, 0.15) is 65.7 Å². The molecule has 1 N–H and O–H groups in total. The second kappa shape index (κ2) is 8.25. The fraction of sp³-hybridized carbons (Fsp3) is 1.00. The second-order valence-electron chi connectivity index (χ2n) is 6.04. The molecular formula is C15H31NO2S. The molecule has 1 saturated carbocycles. The second-order valence-corrected chi connectivity index (χ2v) is 8.30. The molecule has 1 fully saturated rings. The predicted molar refractivity (Wildman–Crippen MR) is 82.2 cm³/mol. The summed E-state index contributed by atoms with van der Waals surface area (Å²) in [6.07, 6.45) is 7.46. The zero-order valence-corrected chi connectivity index (χ0v) is 13.6. The molecule has 4 heteroatoms. The van der Waals surface area contributed by atoms with Crippen LogP contribution in [0, 0.1) is 5.92 Å². The molecule has 1 rings (SSSR count). The third-order valence-corrected chi connectivity index (χ3v) is 6.86. The summed E-state index contributed by atoms with van der Waals surface area (Å²) in [5.74, 6) is 0.633. The van der Waals surface area contributed by atoms with E-state index in [9.17, 15) is 8.42 Å². The number of sulfone groups is 1. The first-order valence-corrected chi connectivity index (χ1v) is 9.67. The van der Waals surface area contributed by atoms with Crippen LogP contribution in [0.4, 0.5) is 0 Å². The summed E-state index contributed by atoms with van der Waals surface area (Å²) < 4.78 is 25.3. The maximum atomic E-state index is 12.7. The van der Waals surface area contributed by atoms with Gasteiger partial charge in [-0.25, -0.2) is 8.42 Å². The smallest absolute Gasteiger partial charge is 0.154 e. The van der Waals surface area contributed by atoms with Crippen molar-refractivity contribution in [1.82, 2.24) is 5.32 Å². The highest BCUT2D eigenvalue weighted by molar-refractivity contribution is 7.92. The minimum absolute atomic E-state index is 0.165. The van der Waals surface area contributed by atoms with Crippen molar-refractivity contribution >= 4 is 9.84 Å². The van der Waals surface area contributed by atoms with Crippen LogP contribution in [-0.2, 0) is 9.84 Å². The zero-order chi connectivity index (χ0) is 14.3. The fourth-order valence-corrected chi connectivity index (χ4v) is 5.55. The predicted octanol–water partition coefficient (Wildman–Crippen LogP) is 3.15. The molecule has 3 unspecified atom stereocenters. The molecule has 0 aromatic rings. The summed E-state index contributed by atoms with van der Waals surface area (Å²) in [6, 6.07) is 0.166. The lowest BCUT2D eigenvalue weighted by Gasteiger charge is -2.30. The molecule has 114 valence electrons. The molecule has 0 aromatic carbocycles. The van der Waals surface area contributed by atoms with Crippen molar-refractivity contribution in [2.24, 2.45) is 5.92 Å². The van der Waals surface area contributed by atoms with Gasteiger partial charge in [0.15, 0.2) is 9.84 Å². The Morgan fingerprint density at radius 3 is 2.32 bits per heavy atom. The van der Waals surface area contributed by atoms with Crippen LogP contribution in [0.25, 0.3) is 0 Å². The zero-order valence-electron chi connectivity index (χ0n) is 12.8. The van der Waals surface area contributed by atoms with Gasteiger partial charge in [-0.3, -0.25) is 0 Å². The molecule has 0 aliphatic heterocycles. The third-order valence-electron chi connectivity index (χ3n) is 4.34. The van der Waals surface area contributed by atoms with E-state index in [1.807, 2.05) is 6.92 Å². The van der Waals surface area contributed by atoms with Crippen molar-refractivity contribution in [2.45, 2.75) is 77.0 Å². The van der Waals surface area contributed by atoms with E-state index in [-0.39, 0.29) is 17.2 Å². The van der Waals surface area contributed by atoms with Crippen LogP contribution in [0.3, 0.4) is 0 Å². The van der Waals surface area contributed by atoms with Crippen molar-refractivity contribution in [2.75, 3.05) is 12.3 Å². The van der Waals surface area contributed by atoms with Crippen molar-refractivity contribution in [3.8, 4) is 0 Å². The van der Waals surface area contributed by atoms with Gasteiger partial charge in [-0.2, -0.15) is 0 Å². The van der Waals surface area contributed by atoms with E-state index >= 15 is 0 Å². The Morgan fingerprint density at radius 2 is 1.74 bits per heavy atom. The summed E-state index contributed by atoms with van der Waals surface area (Å²) in [7, 11) is -2.97. The van der Waals surface area contributed by atoms with Crippen LogP contribution >= 0.6 is 0 Å². The molecule has 19 heavy (non-hydrogen) atoms. The Kier molecular flexibility index (Phi) is 7.37. The van der Waals surface area contributed by atoms with Gasteiger partial charge in [0.25, 0.3) is 0 Å². The van der Waals surface area contributed by atoms with E-state index in [1.54, 1.807) is 0 Å². The van der Waals surface area contributed by atoms with Gasteiger partial charge in [0.2, 0.25) is 0 Å². The SMILES string of the molecule is CCNC1CCCCCCC1S(=O)(=O)CC(C)CC. The maximum Gasteiger partial charge on any atom is 0.154 e. The van der Waals surface area contributed by atoms with Crippen molar-refractivity contribution < 1.29 is 8.42 Å². The quantitative estimate of drug-likeness (QED) is 0.817. The Hall–Kier alpha value is -0.0900. The summed E-state index contributed by atoms with van der Waals surface area (Å²) >= 11 is 0. The van der Waals surface area contributed by atoms with Gasteiger partial charge >= 0.3 is 0 Å². The van der Waals surface area contributed by atoms with E-state index in [2.05, 4.69) is 19.2 Å². The Labute approximate surface area is 119 Å². The first-order chi connectivity index (χ1) is 9.01. The summed E-state index contributed by atoms with van der Waals surface area (Å²) in [6.45, 7) is 7.04. The van der Waals surface area contributed by atoms with Gasteiger partial charge in [-0.05, 0) is 25.3 Å². The molecule has 1 aliphatic carbocycles. The van der Waals surface area contributed by atoms with Crippen LogP contribution in [-0.4, -0.2) is 32.0 Å². The highest BCUT2D eigenvalue weighted by Crippen LogP contribution is 2.25. The molecule has 0 heterocycles. The van der Waals surface area contributed by atoms with Crippen LogP contribution in [0.5, 0.6) is 0 Å². The number of hydrogen-bond donors (Lipinski definition) is 1. The van der Waals surface area contributed by atoms with E-state index in [0.29, 0.717) is 5.75 Å². The topological polar surface area (TPSA) is 46.2 Å². The van der Waals surface area contributed by atoms with Gasteiger partial charge in [-0.1, -0.05) is 52.9 Å². The lowest BCUT2D eigenvalue weighted by molar-refractivity contribution is 0.391. The summed E-state index contributed by atoms with van der Waals surface area (Å²) in [5, 5.41) is 3.26. The number of rotatable bonds is 6. The first kappa shape index (κ1) is 17.0. The van der Waals surface area contributed by atoms with Crippen LogP contribution in [0.2, 0.25) is 0 Å². The minimum Gasteiger partial charge on any atom is -0.313 e. The van der Waals surface area contributed by atoms with E-state index in [1.165, 1.54) is 12.8 Å². The lowest BCUT2D eigenvalue weighted by Crippen LogP contribution is -2.46. The average Bonchev–Trinajstić information content (AvgIpc) is 2.31. The number of hydrogen-bond acceptors (Lipinski definition) is 3. The Bertz CT molecular complexity index is 340. The minimum atomic E-state index is -2.97. The van der Waals surface area contributed by atoms with E-state index < -0.39 is 9.84 Å². The molecule has 3 atom stereocenters. The summed E-state index contributed by atoms with van der Waals surface area (Å²) in [4.78, 5) is 0. The Balaban J connectivity index is 2.81.